The fraction of sp³-hybridized carbons (Fsp3) is 0.0667. The molecule has 5 nitrogen and oxygen atoms in total. The van der Waals surface area contributed by atoms with Gasteiger partial charge in [0.15, 0.2) is 0 Å². The van der Waals surface area contributed by atoms with Gasteiger partial charge in [0.1, 0.15) is 11.5 Å². The summed E-state index contributed by atoms with van der Waals surface area (Å²) in [6.45, 7) is 1.62. The minimum Gasteiger partial charge on any atom is -0.508 e. The van der Waals surface area contributed by atoms with Gasteiger partial charge in [-0.05, 0) is 31.2 Å². The van der Waals surface area contributed by atoms with E-state index in [1.54, 1.807) is 31.2 Å². The fourth-order valence-electron chi connectivity index (χ4n) is 1.73. The lowest BCUT2D eigenvalue weighted by Crippen LogP contribution is -2.19. The van der Waals surface area contributed by atoms with E-state index in [1.165, 1.54) is 18.2 Å². The molecule has 6 heteroatoms. The first-order valence-corrected chi connectivity index (χ1v) is 6.48. The maximum atomic E-state index is 11.9. The van der Waals surface area contributed by atoms with Gasteiger partial charge in [-0.2, -0.15) is 5.10 Å². The number of rotatable bonds is 3. The summed E-state index contributed by atoms with van der Waals surface area (Å²) in [4.78, 5) is 11.9. The normalized spacial score (nSPS) is 11.2. The molecule has 0 radical (unpaired) electrons. The number of hydrogen-bond donors (Lipinski definition) is 3. The Bertz CT molecular complexity index is 714. The monoisotopic (exact) mass is 304 g/mol. The SMILES string of the molecule is CC(=NNC(=O)c1ccccc1Cl)c1ccc(O)cc1O. The van der Waals surface area contributed by atoms with Crippen LogP contribution in [0, 0.1) is 0 Å². The fourth-order valence-corrected chi connectivity index (χ4v) is 1.95. The molecule has 1 amide bonds. The molecule has 0 fully saturated rings. The van der Waals surface area contributed by atoms with Crippen LogP contribution in [-0.2, 0) is 0 Å². The highest BCUT2D eigenvalue weighted by Crippen LogP contribution is 2.23. The van der Waals surface area contributed by atoms with Crippen molar-refractivity contribution < 1.29 is 15.0 Å². The van der Waals surface area contributed by atoms with E-state index in [1.807, 2.05) is 0 Å². The van der Waals surface area contributed by atoms with Crippen LogP contribution in [0.5, 0.6) is 11.5 Å². The van der Waals surface area contributed by atoms with Crippen LogP contribution < -0.4 is 5.43 Å². The lowest BCUT2D eigenvalue weighted by molar-refractivity contribution is 0.0955. The highest BCUT2D eigenvalue weighted by molar-refractivity contribution is 6.33. The lowest BCUT2D eigenvalue weighted by Gasteiger charge is -2.06. The minimum atomic E-state index is -0.446. The molecule has 0 aliphatic carbocycles. The first kappa shape index (κ1) is 14.9. The van der Waals surface area contributed by atoms with Gasteiger partial charge in [0.2, 0.25) is 0 Å². The number of aromatic hydroxyl groups is 2. The highest BCUT2D eigenvalue weighted by Gasteiger charge is 2.10. The van der Waals surface area contributed by atoms with Crippen molar-refractivity contribution in [2.45, 2.75) is 6.92 Å². The highest BCUT2D eigenvalue weighted by atomic mass is 35.5. The van der Waals surface area contributed by atoms with Crippen molar-refractivity contribution in [2.24, 2.45) is 5.10 Å². The number of phenols is 2. The smallest absolute Gasteiger partial charge is 0.272 e. The molecule has 108 valence electrons. The third-order valence-corrected chi connectivity index (χ3v) is 3.14. The van der Waals surface area contributed by atoms with E-state index in [9.17, 15) is 15.0 Å². The van der Waals surface area contributed by atoms with Crippen molar-refractivity contribution in [3.8, 4) is 11.5 Å². The first-order valence-electron chi connectivity index (χ1n) is 6.10. The van der Waals surface area contributed by atoms with Gasteiger partial charge in [0.25, 0.3) is 5.91 Å². The molecule has 0 heterocycles. The van der Waals surface area contributed by atoms with Gasteiger partial charge < -0.3 is 10.2 Å². The number of carbonyl (C=O) groups is 1. The third-order valence-electron chi connectivity index (χ3n) is 2.81. The van der Waals surface area contributed by atoms with Crippen LogP contribution in [0.3, 0.4) is 0 Å². The number of hydrogen-bond acceptors (Lipinski definition) is 4. The van der Waals surface area contributed by atoms with Gasteiger partial charge >= 0.3 is 0 Å². The van der Waals surface area contributed by atoms with Gasteiger partial charge in [-0.3, -0.25) is 4.79 Å². The molecular weight excluding hydrogens is 292 g/mol. The molecule has 0 aliphatic rings. The van der Waals surface area contributed by atoms with Gasteiger partial charge in [-0.25, -0.2) is 5.43 Å². The molecule has 0 bridgehead atoms. The second kappa shape index (κ2) is 6.28. The number of carbonyl (C=O) groups excluding carboxylic acids is 1. The van der Waals surface area contributed by atoms with E-state index < -0.39 is 5.91 Å². The van der Waals surface area contributed by atoms with Gasteiger partial charge in [0.05, 0.1) is 16.3 Å². The Labute approximate surface area is 126 Å². The van der Waals surface area contributed by atoms with Crippen LogP contribution in [0.15, 0.2) is 47.6 Å². The summed E-state index contributed by atoms with van der Waals surface area (Å²) < 4.78 is 0. The molecule has 0 aromatic heterocycles. The Morgan fingerprint density at radius 3 is 2.52 bits per heavy atom. The third kappa shape index (κ3) is 3.52. The summed E-state index contributed by atoms with van der Waals surface area (Å²) in [6.07, 6.45) is 0. The number of phenolic OH excluding ortho intramolecular Hbond substituents is 2. The Morgan fingerprint density at radius 1 is 1.14 bits per heavy atom. The Hall–Kier alpha value is -2.53. The summed E-state index contributed by atoms with van der Waals surface area (Å²) in [5, 5.41) is 23.2. The lowest BCUT2D eigenvalue weighted by atomic mass is 10.1. The largest absolute Gasteiger partial charge is 0.508 e. The van der Waals surface area contributed by atoms with Crippen molar-refractivity contribution in [3.05, 3.63) is 58.6 Å². The van der Waals surface area contributed by atoms with Gasteiger partial charge in [-0.15, -0.1) is 0 Å². The summed E-state index contributed by atoms with van der Waals surface area (Å²) >= 11 is 5.92. The average molecular weight is 305 g/mol. The molecule has 0 aliphatic heterocycles. The molecule has 21 heavy (non-hydrogen) atoms. The number of halogens is 1. The predicted octanol–water partition coefficient (Wildman–Crippen LogP) is 2.91. The van der Waals surface area contributed by atoms with Crippen molar-refractivity contribution in [1.29, 1.82) is 0 Å². The predicted molar refractivity (Wildman–Crippen MR) is 80.9 cm³/mol. The second-order valence-corrected chi connectivity index (χ2v) is 4.73. The van der Waals surface area contributed by atoms with Crippen LogP contribution in [0.2, 0.25) is 5.02 Å². The number of hydrazone groups is 1. The molecular formula is C15H13ClN2O3. The van der Waals surface area contributed by atoms with Gasteiger partial charge in [-0.1, -0.05) is 23.7 Å². The summed E-state index contributed by atoms with van der Waals surface area (Å²) in [5.41, 5.74) is 3.49. The molecule has 2 aromatic rings. The zero-order valence-corrected chi connectivity index (χ0v) is 11.9. The number of amides is 1. The number of benzene rings is 2. The maximum Gasteiger partial charge on any atom is 0.272 e. The minimum absolute atomic E-state index is 0.0517. The van der Waals surface area contributed by atoms with Crippen LogP contribution in [0.1, 0.15) is 22.8 Å². The van der Waals surface area contributed by atoms with Gasteiger partial charge in [0, 0.05) is 11.6 Å². The molecule has 0 saturated heterocycles. The van der Waals surface area contributed by atoms with Crippen LogP contribution in [0.4, 0.5) is 0 Å². The van der Waals surface area contributed by atoms with Crippen molar-refractivity contribution in [1.82, 2.24) is 5.43 Å². The summed E-state index contributed by atoms with van der Waals surface area (Å²) in [6, 6.07) is 10.7. The van der Waals surface area contributed by atoms with E-state index in [2.05, 4.69) is 10.5 Å². The van der Waals surface area contributed by atoms with Crippen LogP contribution in [0.25, 0.3) is 0 Å². The molecule has 0 unspecified atom stereocenters. The zero-order valence-electron chi connectivity index (χ0n) is 11.2. The van der Waals surface area contributed by atoms with E-state index in [0.29, 0.717) is 21.9 Å². The Balaban J connectivity index is 2.17. The van der Waals surface area contributed by atoms with E-state index in [4.69, 9.17) is 11.6 Å². The van der Waals surface area contributed by atoms with Crippen molar-refractivity contribution >= 4 is 23.2 Å². The second-order valence-electron chi connectivity index (χ2n) is 4.32. The first-order chi connectivity index (χ1) is 9.99. The molecule has 2 rings (SSSR count). The molecule has 2 aromatic carbocycles. The van der Waals surface area contributed by atoms with Crippen molar-refractivity contribution in [3.63, 3.8) is 0 Å². The number of nitrogens with zero attached hydrogens (tertiary/aromatic N) is 1. The van der Waals surface area contributed by atoms with E-state index in [-0.39, 0.29) is 11.5 Å². The van der Waals surface area contributed by atoms with Crippen molar-refractivity contribution in [2.75, 3.05) is 0 Å². The number of nitrogens with one attached hydrogen (secondary N) is 1. The van der Waals surface area contributed by atoms with E-state index >= 15 is 0 Å². The molecule has 0 saturated carbocycles. The zero-order chi connectivity index (χ0) is 15.4. The van der Waals surface area contributed by atoms with Crippen LogP contribution >= 0.6 is 11.6 Å². The standard InChI is InChI=1S/C15H13ClN2O3/c1-9(11-7-6-10(19)8-14(11)20)17-18-15(21)12-4-2-3-5-13(12)16/h2-8,19-20H,1H3,(H,18,21). The topological polar surface area (TPSA) is 81.9 Å². The quantitative estimate of drug-likeness (QED) is 0.602. The summed E-state index contributed by atoms with van der Waals surface area (Å²) in [5.74, 6) is -0.620. The Kier molecular flexibility index (Phi) is 4.45. The van der Waals surface area contributed by atoms with Crippen LogP contribution in [-0.4, -0.2) is 21.8 Å². The molecule has 3 N–H and O–H groups in total. The summed E-state index contributed by atoms with van der Waals surface area (Å²) in [7, 11) is 0. The Morgan fingerprint density at radius 2 is 1.86 bits per heavy atom. The molecule has 0 atom stereocenters. The maximum absolute atomic E-state index is 11.9. The molecule has 0 spiro atoms. The van der Waals surface area contributed by atoms with E-state index in [0.717, 1.165) is 0 Å². The average Bonchev–Trinajstić information content (AvgIpc) is 2.45.